The van der Waals surface area contributed by atoms with Gasteiger partial charge in [-0.2, -0.15) is 0 Å². The van der Waals surface area contributed by atoms with Crippen molar-refractivity contribution in [2.45, 2.75) is 39.3 Å². The number of nitrogens with one attached hydrogen (secondary N) is 1. The molecule has 0 spiro atoms. The molecular weight excluding hydrogens is 258 g/mol. The van der Waals surface area contributed by atoms with Crippen molar-refractivity contribution < 1.29 is 4.74 Å². The highest BCUT2D eigenvalue weighted by molar-refractivity contribution is 5.28. The molecule has 2 rings (SSSR count). The quantitative estimate of drug-likeness (QED) is 0.757. The Kier molecular flexibility index (Phi) is 6.29. The van der Waals surface area contributed by atoms with Gasteiger partial charge in [0.1, 0.15) is 5.75 Å². The Bertz CT molecular complexity index is 524. The average Bonchev–Trinajstić information content (AvgIpc) is 2.53. The van der Waals surface area contributed by atoms with E-state index in [0.717, 1.165) is 18.7 Å². The van der Waals surface area contributed by atoms with E-state index in [4.69, 9.17) is 4.74 Å². The number of hydrogen-bond donors (Lipinski definition) is 1. The predicted molar refractivity (Wildman–Crippen MR) is 88.5 cm³/mol. The summed E-state index contributed by atoms with van der Waals surface area (Å²) >= 11 is 0. The SMILES string of the molecule is CCCC(NCc1cccc(OCC)c1)c1ccccc1. The zero-order chi connectivity index (χ0) is 14.9. The fourth-order valence-corrected chi connectivity index (χ4v) is 2.51. The van der Waals surface area contributed by atoms with Crippen LogP contribution < -0.4 is 10.1 Å². The van der Waals surface area contributed by atoms with E-state index in [2.05, 4.69) is 60.8 Å². The Hall–Kier alpha value is -1.80. The van der Waals surface area contributed by atoms with Crippen molar-refractivity contribution in [3.8, 4) is 5.75 Å². The first-order valence-electron chi connectivity index (χ1n) is 7.83. The number of rotatable bonds is 8. The molecule has 0 aliphatic heterocycles. The van der Waals surface area contributed by atoms with Gasteiger partial charge in [0.2, 0.25) is 0 Å². The van der Waals surface area contributed by atoms with Crippen LogP contribution in [-0.2, 0) is 6.54 Å². The maximum Gasteiger partial charge on any atom is 0.119 e. The van der Waals surface area contributed by atoms with E-state index in [0.29, 0.717) is 12.6 Å². The monoisotopic (exact) mass is 283 g/mol. The van der Waals surface area contributed by atoms with Crippen LogP contribution in [0.25, 0.3) is 0 Å². The number of benzene rings is 2. The maximum absolute atomic E-state index is 5.56. The molecule has 0 aliphatic carbocycles. The minimum Gasteiger partial charge on any atom is -0.494 e. The lowest BCUT2D eigenvalue weighted by Crippen LogP contribution is -2.20. The van der Waals surface area contributed by atoms with Crippen molar-refractivity contribution in [3.05, 3.63) is 65.7 Å². The third-order valence-corrected chi connectivity index (χ3v) is 3.54. The highest BCUT2D eigenvalue weighted by Gasteiger charge is 2.09. The standard InChI is InChI=1S/C19H25NO/c1-3-9-19(17-11-6-5-7-12-17)20-15-16-10-8-13-18(14-16)21-4-2/h5-8,10-14,19-20H,3-4,9,15H2,1-2H3. The average molecular weight is 283 g/mol. The van der Waals surface area contributed by atoms with Gasteiger partial charge >= 0.3 is 0 Å². The molecule has 0 aliphatic rings. The highest BCUT2D eigenvalue weighted by Crippen LogP contribution is 2.20. The molecule has 0 radical (unpaired) electrons. The molecule has 2 heteroatoms. The van der Waals surface area contributed by atoms with Crippen LogP contribution in [0.5, 0.6) is 5.75 Å². The van der Waals surface area contributed by atoms with Crippen LogP contribution in [0.15, 0.2) is 54.6 Å². The van der Waals surface area contributed by atoms with E-state index < -0.39 is 0 Å². The molecule has 0 saturated heterocycles. The number of ether oxygens (including phenoxy) is 1. The van der Waals surface area contributed by atoms with Gasteiger partial charge < -0.3 is 10.1 Å². The van der Waals surface area contributed by atoms with E-state index in [1.807, 2.05) is 13.0 Å². The molecule has 1 unspecified atom stereocenters. The van der Waals surface area contributed by atoms with Gasteiger partial charge in [-0.05, 0) is 36.6 Å². The Morgan fingerprint density at radius 3 is 2.52 bits per heavy atom. The van der Waals surface area contributed by atoms with Gasteiger partial charge in [0, 0.05) is 12.6 Å². The molecule has 0 fully saturated rings. The summed E-state index contributed by atoms with van der Waals surface area (Å²) in [4.78, 5) is 0. The molecule has 2 aromatic carbocycles. The fourth-order valence-electron chi connectivity index (χ4n) is 2.51. The summed E-state index contributed by atoms with van der Waals surface area (Å²) in [6, 6.07) is 19.4. The summed E-state index contributed by atoms with van der Waals surface area (Å²) in [5.74, 6) is 0.948. The summed E-state index contributed by atoms with van der Waals surface area (Å²) in [5, 5.41) is 3.67. The lowest BCUT2D eigenvalue weighted by molar-refractivity contribution is 0.339. The van der Waals surface area contributed by atoms with Crippen molar-refractivity contribution in [1.82, 2.24) is 5.32 Å². The Labute approximate surface area is 128 Å². The van der Waals surface area contributed by atoms with Crippen molar-refractivity contribution in [1.29, 1.82) is 0 Å². The summed E-state index contributed by atoms with van der Waals surface area (Å²) in [7, 11) is 0. The molecule has 112 valence electrons. The van der Waals surface area contributed by atoms with E-state index >= 15 is 0 Å². The van der Waals surface area contributed by atoms with Gasteiger partial charge in [-0.15, -0.1) is 0 Å². The first-order valence-corrected chi connectivity index (χ1v) is 7.83. The van der Waals surface area contributed by atoms with Crippen molar-refractivity contribution >= 4 is 0 Å². The molecule has 0 heterocycles. The van der Waals surface area contributed by atoms with Crippen molar-refractivity contribution in [2.24, 2.45) is 0 Å². The molecule has 0 aromatic heterocycles. The molecule has 2 aromatic rings. The molecule has 0 bridgehead atoms. The lowest BCUT2D eigenvalue weighted by Gasteiger charge is -2.19. The van der Waals surface area contributed by atoms with Crippen molar-refractivity contribution in [3.63, 3.8) is 0 Å². The minimum atomic E-state index is 0.409. The van der Waals surface area contributed by atoms with Crippen LogP contribution in [0.3, 0.4) is 0 Å². The predicted octanol–water partition coefficient (Wildman–Crippen LogP) is 4.72. The van der Waals surface area contributed by atoms with Gasteiger partial charge in [-0.1, -0.05) is 55.8 Å². The number of hydrogen-bond acceptors (Lipinski definition) is 2. The third kappa shape index (κ3) is 4.91. The Morgan fingerprint density at radius 1 is 1.00 bits per heavy atom. The van der Waals surface area contributed by atoms with Crippen LogP contribution >= 0.6 is 0 Å². The molecule has 21 heavy (non-hydrogen) atoms. The lowest BCUT2D eigenvalue weighted by atomic mass is 10.0. The van der Waals surface area contributed by atoms with Crippen LogP contribution in [0.4, 0.5) is 0 Å². The van der Waals surface area contributed by atoms with Crippen LogP contribution in [-0.4, -0.2) is 6.61 Å². The molecule has 0 saturated carbocycles. The summed E-state index contributed by atoms with van der Waals surface area (Å²) < 4.78 is 5.56. The van der Waals surface area contributed by atoms with Gasteiger partial charge in [-0.25, -0.2) is 0 Å². The summed E-state index contributed by atoms with van der Waals surface area (Å²) in [5.41, 5.74) is 2.62. The zero-order valence-corrected chi connectivity index (χ0v) is 13.0. The Balaban J connectivity index is 2.00. The zero-order valence-electron chi connectivity index (χ0n) is 13.0. The van der Waals surface area contributed by atoms with E-state index in [1.54, 1.807) is 0 Å². The van der Waals surface area contributed by atoms with Crippen LogP contribution in [0.2, 0.25) is 0 Å². The third-order valence-electron chi connectivity index (χ3n) is 3.54. The van der Waals surface area contributed by atoms with Crippen LogP contribution in [0, 0.1) is 0 Å². The first-order chi connectivity index (χ1) is 10.3. The first kappa shape index (κ1) is 15.6. The molecule has 1 N–H and O–H groups in total. The molecule has 1 atom stereocenters. The Morgan fingerprint density at radius 2 is 1.81 bits per heavy atom. The summed E-state index contributed by atoms with van der Waals surface area (Å²) in [6.07, 6.45) is 2.32. The maximum atomic E-state index is 5.56. The van der Waals surface area contributed by atoms with Gasteiger partial charge in [0.05, 0.1) is 6.61 Å². The second-order valence-electron chi connectivity index (χ2n) is 5.21. The largest absolute Gasteiger partial charge is 0.494 e. The highest BCUT2D eigenvalue weighted by atomic mass is 16.5. The second kappa shape index (κ2) is 8.48. The van der Waals surface area contributed by atoms with E-state index in [-0.39, 0.29) is 0 Å². The van der Waals surface area contributed by atoms with Crippen molar-refractivity contribution in [2.75, 3.05) is 6.61 Å². The van der Waals surface area contributed by atoms with Crippen LogP contribution in [0.1, 0.15) is 43.9 Å². The minimum absolute atomic E-state index is 0.409. The summed E-state index contributed by atoms with van der Waals surface area (Å²) in [6.45, 7) is 5.81. The van der Waals surface area contributed by atoms with Gasteiger partial charge in [0.25, 0.3) is 0 Å². The van der Waals surface area contributed by atoms with E-state index in [9.17, 15) is 0 Å². The fraction of sp³-hybridized carbons (Fsp3) is 0.368. The molecule has 0 amide bonds. The van der Waals surface area contributed by atoms with E-state index in [1.165, 1.54) is 17.5 Å². The van der Waals surface area contributed by atoms with Gasteiger partial charge in [-0.3, -0.25) is 0 Å². The molecule has 2 nitrogen and oxygen atoms in total. The van der Waals surface area contributed by atoms with Gasteiger partial charge in [0.15, 0.2) is 0 Å². The topological polar surface area (TPSA) is 21.3 Å². The second-order valence-corrected chi connectivity index (χ2v) is 5.21. The smallest absolute Gasteiger partial charge is 0.119 e. The molecular formula is C19H25NO. The normalized spacial score (nSPS) is 12.1.